The molecule has 2 amide bonds. The third-order valence-electron chi connectivity index (χ3n) is 4.39. The maximum Gasteiger partial charge on any atom is 0.272 e. The van der Waals surface area contributed by atoms with E-state index in [9.17, 15) is 9.59 Å². The van der Waals surface area contributed by atoms with E-state index >= 15 is 0 Å². The van der Waals surface area contributed by atoms with Crippen molar-refractivity contribution in [2.45, 2.75) is 20.8 Å². The van der Waals surface area contributed by atoms with E-state index in [0.717, 1.165) is 0 Å². The van der Waals surface area contributed by atoms with Gasteiger partial charge in [-0.25, -0.2) is 4.90 Å². The number of methoxy groups -OCH3 is 1. The van der Waals surface area contributed by atoms with E-state index in [-0.39, 0.29) is 11.8 Å². The zero-order valence-electron chi connectivity index (χ0n) is 17.1. The first-order chi connectivity index (χ1) is 14.0. The van der Waals surface area contributed by atoms with Gasteiger partial charge in [-0.2, -0.15) is 0 Å². The molecule has 2 aromatic rings. The highest BCUT2D eigenvalue weighted by Gasteiger charge is 2.39. The summed E-state index contributed by atoms with van der Waals surface area (Å²) in [5, 5.41) is 0. The first kappa shape index (κ1) is 21.0. The molecule has 29 heavy (non-hydrogen) atoms. The molecule has 0 fully saturated rings. The zero-order chi connectivity index (χ0) is 21.0. The monoisotopic (exact) mass is 411 g/mol. The van der Waals surface area contributed by atoms with Gasteiger partial charge in [-0.3, -0.25) is 9.59 Å². The van der Waals surface area contributed by atoms with Gasteiger partial charge in [0.2, 0.25) is 0 Å². The van der Waals surface area contributed by atoms with Crippen molar-refractivity contribution in [2.24, 2.45) is 5.92 Å². The maximum atomic E-state index is 13.2. The number of rotatable bonds is 8. The van der Waals surface area contributed by atoms with Crippen LogP contribution in [0, 0.1) is 5.92 Å². The van der Waals surface area contributed by atoms with Crippen LogP contribution in [0.25, 0.3) is 5.57 Å². The second kappa shape index (κ2) is 9.18. The number of carbonyl (C=O) groups excluding carboxylic acids is 2. The van der Waals surface area contributed by atoms with Crippen molar-refractivity contribution >= 4 is 34.8 Å². The average Bonchev–Trinajstić information content (AvgIpc) is 2.97. The molecule has 0 radical (unpaired) electrons. The number of hydrogen-bond donors (Lipinski definition) is 0. The molecule has 2 aromatic carbocycles. The third kappa shape index (κ3) is 4.48. The first-order valence-corrected chi connectivity index (χ1v) is 10.6. The maximum absolute atomic E-state index is 13.2. The Morgan fingerprint density at radius 2 is 1.55 bits per heavy atom. The zero-order valence-corrected chi connectivity index (χ0v) is 17.9. The molecule has 0 aliphatic carbocycles. The minimum Gasteiger partial charge on any atom is -0.497 e. The lowest BCUT2D eigenvalue weighted by molar-refractivity contribution is -0.119. The molecule has 0 saturated heterocycles. The highest BCUT2D eigenvalue weighted by molar-refractivity contribution is 8.04. The number of hydrogen-bond acceptors (Lipinski definition) is 5. The summed E-state index contributed by atoms with van der Waals surface area (Å²) in [6.07, 6.45) is 0. The van der Waals surface area contributed by atoms with Crippen molar-refractivity contribution < 1.29 is 19.1 Å². The number of amides is 2. The minimum atomic E-state index is -0.313. The van der Waals surface area contributed by atoms with E-state index in [2.05, 4.69) is 13.8 Å². The Morgan fingerprint density at radius 3 is 2.10 bits per heavy atom. The SMILES string of the molecule is CCSC1=C(c2ccc(OC)cc2)C(=O)N(c2ccc(OCC(C)C)cc2)C1=O. The Balaban J connectivity index is 1.90. The van der Waals surface area contributed by atoms with Crippen molar-refractivity contribution in [2.75, 3.05) is 24.4 Å². The van der Waals surface area contributed by atoms with Gasteiger partial charge in [0.1, 0.15) is 11.5 Å². The second-order valence-electron chi connectivity index (χ2n) is 7.01. The normalized spacial score (nSPS) is 14.2. The molecule has 0 unspecified atom stereocenters. The molecule has 1 aliphatic heterocycles. The molecule has 0 saturated carbocycles. The predicted molar refractivity (Wildman–Crippen MR) is 117 cm³/mol. The molecule has 6 heteroatoms. The molecule has 0 bridgehead atoms. The number of imide groups is 1. The van der Waals surface area contributed by atoms with Crippen LogP contribution in [0.3, 0.4) is 0 Å². The van der Waals surface area contributed by atoms with Crippen LogP contribution < -0.4 is 14.4 Å². The lowest BCUT2D eigenvalue weighted by Crippen LogP contribution is -2.31. The molecular weight excluding hydrogens is 386 g/mol. The van der Waals surface area contributed by atoms with Crippen LogP contribution in [-0.2, 0) is 9.59 Å². The van der Waals surface area contributed by atoms with Gasteiger partial charge in [0.15, 0.2) is 0 Å². The summed E-state index contributed by atoms with van der Waals surface area (Å²) in [5.74, 6) is 1.93. The van der Waals surface area contributed by atoms with E-state index in [1.54, 1.807) is 43.5 Å². The van der Waals surface area contributed by atoms with Crippen molar-refractivity contribution in [1.29, 1.82) is 0 Å². The van der Waals surface area contributed by atoms with Gasteiger partial charge in [-0.05, 0) is 53.6 Å². The summed E-state index contributed by atoms with van der Waals surface area (Å²) in [6, 6.07) is 14.3. The van der Waals surface area contributed by atoms with Gasteiger partial charge < -0.3 is 9.47 Å². The van der Waals surface area contributed by atoms with Crippen LogP contribution in [0.1, 0.15) is 26.3 Å². The fourth-order valence-electron chi connectivity index (χ4n) is 2.99. The van der Waals surface area contributed by atoms with Crippen molar-refractivity contribution in [1.82, 2.24) is 0 Å². The first-order valence-electron chi connectivity index (χ1n) is 9.59. The van der Waals surface area contributed by atoms with Crippen molar-refractivity contribution in [3.8, 4) is 11.5 Å². The number of anilines is 1. The largest absolute Gasteiger partial charge is 0.497 e. The molecule has 5 nitrogen and oxygen atoms in total. The van der Waals surface area contributed by atoms with Crippen LogP contribution >= 0.6 is 11.8 Å². The number of ether oxygens (including phenoxy) is 2. The topological polar surface area (TPSA) is 55.8 Å². The third-order valence-corrected chi connectivity index (χ3v) is 5.34. The van der Waals surface area contributed by atoms with Crippen LogP contribution in [0.5, 0.6) is 11.5 Å². The lowest BCUT2D eigenvalue weighted by atomic mass is 10.1. The Morgan fingerprint density at radius 1 is 0.931 bits per heavy atom. The van der Waals surface area contributed by atoms with Crippen LogP contribution in [0.2, 0.25) is 0 Å². The van der Waals surface area contributed by atoms with Gasteiger partial charge in [-0.15, -0.1) is 11.8 Å². The van der Waals surface area contributed by atoms with E-state index in [1.165, 1.54) is 16.7 Å². The van der Waals surface area contributed by atoms with E-state index in [0.29, 0.717) is 51.5 Å². The summed E-state index contributed by atoms with van der Waals surface area (Å²) in [4.78, 5) is 28.0. The number of benzene rings is 2. The Bertz CT molecular complexity index is 917. The highest BCUT2D eigenvalue weighted by atomic mass is 32.2. The van der Waals surface area contributed by atoms with Gasteiger partial charge in [0, 0.05) is 0 Å². The molecule has 0 aromatic heterocycles. The second-order valence-corrected chi connectivity index (χ2v) is 8.28. The molecule has 0 spiro atoms. The Hall–Kier alpha value is -2.73. The van der Waals surface area contributed by atoms with Gasteiger partial charge >= 0.3 is 0 Å². The summed E-state index contributed by atoms with van der Waals surface area (Å²) in [5.41, 5.74) is 1.68. The van der Waals surface area contributed by atoms with E-state index in [1.807, 2.05) is 19.1 Å². The fraction of sp³-hybridized carbons (Fsp3) is 0.304. The molecule has 3 rings (SSSR count). The molecule has 152 valence electrons. The minimum absolute atomic E-state index is 0.288. The number of thioether (sulfide) groups is 1. The van der Waals surface area contributed by atoms with Crippen LogP contribution in [0.15, 0.2) is 53.4 Å². The number of nitrogens with zero attached hydrogens (tertiary/aromatic N) is 1. The van der Waals surface area contributed by atoms with Crippen LogP contribution in [0.4, 0.5) is 5.69 Å². The molecule has 1 aliphatic rings. The molecular formula is C23H25NO4S. The molecule has 0 N–H and O–H groups in total. The number of carbonyl (C=O) groups is 2. The van der Waals surface area contributed by atoms with Gasteiger partial charge in [-0.1, -0.05) is 32.9 Å². The van der Waals surface area contributed by atoms with E-state index < -0.39 is 0 Å². The summed E-state index contributed by atoms with van der Waals surface area (Å²) >= 11 is 1.39. The quantitative estimate of drug-likeness (QED) is 0.586. The Labute approximate surface area is 175 Å². The lowest BCUT2D eigenvalue weighted by Gasteiger charge is -2.16. The summed E-state index contributed by atoms with van der Waals surface area (Å²) in [6.45, 7) is 6.73. The average molecular weight is 412 g/mol. The standard InChI is InChI=1S/C23H25NO4S/c1-5-29-21-20(16-6-10-18(27-4)11-7-16)22(25)24(23(21)26)17-8-12-19(13-9-17)28-14-15(2)3/h6-13,15H,5,14H2,1-4H3. The summed E-state index contributed by atoms with van der Waals surface area (Å²) < 4.78 is 10.9. The van der Waals surface area contributed by atoms with Gasteiger partial charge in [0.05, 0.1) is 29.9 Å². The molecule has 1 heterocycles. The van der Waals surface area contributed by atoms with E-state index in [4.69, 9.17) is 9.47 Å². The van der Waals surface area contributed by atoms with Crippen LogP contribution in [-0.4, -0.2) is 31.3 Å². The molecule has 0 atom stereocenters. The smallest absolute Gasteiger partial charge is 0.272 e. The summed E-state index contributed by atoms with van der Waals surface area (Å²) in [7, 11) is 1.59. The van der Waals surface area contributed by atoms with Crippen molar-refractivity contribution in [3.63, 3.8) is 0 Å². The highest BCUT2D eigenvalue weighted by Crippen LogP contribution is 2.39. The fourth-order valence-corrected chi connectivity index (χ4v) is 3.84. The predicted octanol–water partition coefficient (Wildman–Crippen LogP) is 4.77. The Kier molecular flexibility index (Phi) is 6.64. The van der Waals surface area contributed by atoms with Gasteiger partial charge in [0.25, 0.3) is 11.8 Å². The van der Waals surface area contributed by atoms with Crippen molar-refractivity contribution in [3.05, 3.63) is 59.0 Å².